The second-order valence-electron chi connectivity index (χ2n) is 4.03. The predicted octanol–water partition coefficient (Wildman–Crippen LogP) is 2.17. The first-order valence-corrected chi connectivity index (χ1v) is 6.66. The third-order valence-corrected chi connectivity index (χ3v) is 3.50. The van der Waals surface area contributed by atoms with Crippen molar-refractivity contribution in [1.82, 2.24) is 5.32 Å². The number of carbonyl (C=O) groups excluding carboxylic acids is 1. The molecular formula is C14H13NO3S. The quantitative estimate of drug-likeness (QED) is 0.879. The molecule has 0 saturated carbocycles. The van der Waals surface area contributed by atoms with Crippen LogP contribution in [-0.2, 0) is 11.2 Å². The van der Waals surface area contributed by atoms with Gasteiger partial charge in [0.25, 0.3) is 5.91 Å². The fourth-order valence-electron chi connectivity index (χ4n) is 1.69. The molecule has 1 aromatic carbocycles. The normalized spacial score (nSPS) is 11.8. The van der Waals surface area contributed by atoms with Crippen LogP contribution in [0.5, 0.6) is 0 Å². The van der Waals surface area contributed by atoms with Crippen molar-refractivity contribution in [3.05, 3.63) is 58.3 Å². The highest BCUT2D eigenvalue weighted by molar-refractivity contribution is 7.12. The Labute approximate surface area is 114 Å². The lowest BCUT2D eigenvalue weighted by atomic mass is 10.1. The van der Waals surface area contributed by atoms with E-state index in [0.717, 1.165) is 5.56 Å². The van der Waals surface area contributed by atoms with Gasteiger partial charge in [-0.25, -0.2) is 4.79 Å². The van der Waals surface area contributed by atoms with Crippen molar-refractivity contribution in [2.24, 2.45) is 0 Å². The molecule has 1 heterocycles. The molecule has 5 heteroatoms. The Morgan fingerprint density at radius 2 is 1.89 bits per heavy atom. The monoisotopic (exact) mass is 275 g/mol. The van der Waals surface area contributed by atoms with Crippen LogP contribution in [0, 0.1) is 0 Å². The van der Waals surface area contributed by atoms with Gasteiger partial charge in [-0.2, -0.15) is 0 Å². The van der Waals surface area contributed by atoms with E-state index in [9.17, 15) is 9.59 Å². The third-order valence-electron chi connectivity index (χ3n) is 2.63. The minimum absolute atomic E-state index is 0.271. The van der Waals surface area contributed by atoms with E-state index in [0.29, 0.717) is 4.88 Å². The van der Waals surface area contributed by atoms with Crippen LogP contribution in [0.4, 0.5) is 0 Å². The van der Waals surface area contributed by atoms with E-state index < -0.39 is 12.0 Å². The molecule has 4 nitrogen and oxygen atoms in total. The molecule has 2 rings (SSSR count). The Morgan fingerprint density at radius 1 is 1.16 bits per heavy atom. The van der Waals surface area contributed by atoms with E-state index in [1.807, 2.05) is 30.3 Å². The van der Waals surface area contributed by atoms with Crippen molar-refractivity contribution in [2.45, 2.75) is 12.5 Å². The van der Waals surface area contributed by atoms with Gasteiger partial charge in [-0.3, -0.25) is 4.79 Å². The number of carbonyl (C=O) groups is 2. The fourth-order valence-corrected chi connectivity index (χ4v) is 2.31. The van der Waals surface area contributed by atoms with Crippen LogP contribution in [0.3, 0.4) is 0 Å². The summed E-state index contributed by atoms with van der Waals surface area (Å²) < 4.78 is 0. The highest BCUT2D eigenvalue weighted by atomic mass is 32.1. The van der Waals surface area contributed by atoms with E-state index in [-0.39, 0.29) is 12.3 Å². The topological polar surface area (TPSA) is 66.4 Å². The molecule has 1 amide bonds. The number of carboxylic acids is 1. The maximum absolute atomic E-state index is 11.8. The second kappa shape index (κ2) is 6.15. The molecule has 0 spiro atoms. The summed E-state index contributed by atoms with van der Waals surface area (Å²) in [6.07, 6.45) is 0.271. The van der Waals surface area contributed by atoms with Gasteiger partial charge in [0.15, 0.2) is 0 Å². The summed E-state index contributed by atoms with van der Waals surface area (Å²) in [6, 6.07) is 11.7. The number of carboxylic acid groups (broad SMARTS) is 1. The third kappa shape index (κ3) is 3.66. The molecule has 98 valence electrons. The Kier molecular flexibility index (Phi) is 4.30. The largest absolute Gasteiger partial charge is 0.480 e. The molecule has 0 aliphatic heterocycles. The Hall–Kier alpha value is -2.14. The number of nitrogens with one attached hydrogen (secondary N) is 1. The molecule has 2 N–H and O–H groups in total. The average Bonchev–Trinajstić information content (AvgIpc) is 2.93. The number of hydrogen-bond donors (Lipinski definition) is 2. The van der Waals surface area contributed by atoms with E-state index in [4.69, 9.17) is 5.11 Å². The Balaban J connectivity index is 2.05. The van der Waals surface area contributed by atoms with Crippen molar-refractivity contribution in [3.8, 4) is 0 Å². The van der Waals surface area contributed by atoms with Crippen LogP contribution < -0.4 is 5.32 Å². The standard InChI is InChI=1S/C14H13NO3S/c16-13(12-7-4-8-19-12)15-11(14(17)18)9-10-5-2-1-3-6-10/h1-8,11H,9H2,(H,15,16)(H,17,18)/t11-/m0/s1. The molecular weight excluding hydrogens is 262 g/mol. The van der Waals surface area contributed by atoms with Gasteiger partial charge in [-0.15, -0.1) is 11.3 Å². The minimum Gasteiger partial charge on any atom is -0.480 e. The number of amides is 1. The first kappa shape index (κ1) is 13.3. The molecule has 1 atom stereocenters. The van der Waals surface area contributed by atoms with Crippen molar-refractivity contribution in [2.75, 3.05) is 0 Å². The molecule has 19 heavy (non-hydrogen) atoms. The maximum Gasteiger partial charge on any atom is 0.326 e. The van der Waals surface area contributed by atoms with Gasteiger partial charge in [0.2, 0.25) is 0 Å². The zero-order valence-electron chi connectivity index (χ0n) is 10.1. The van der Waals surface area contributed by atoms with Crippen LogP contribution in [-0.4, -0.2) is 23.0 Å². The summed E-state index contributed by atoms with van der Waals surface area (Å²) in [5, 5.41) is 13.5. The van der Waals surface area contributed by atoms with Gasteiger partial charge in [0.05, 0.1) is 4.88 Å². The van der Waals surface area contributed by atoms with E-state index in [2.05, 4.69) is 5.32 Å². The lowest BCUT2D eigenvalue weighted by molar-refractivity contribution is -0.139. The van der Waals surface area contributed by atoms with E-state index >= 15 is 0 Å². The summed E-state index contributed by atoms with van der Waals surface area (Å²) in [7, 11) is 0. The van der Waals surface area contributed by atoms with Crippen molar-refractivity contribution < 1.29 is 14.7 Å². The minimum atomic E-state index is -1.03. The first-order chi connectivity index (χ1) is 9.16. The van der Waals surface area contributed by atoms with Crippen LogP contribution in [0.15, 0.2) is 47.8 Å². The molecule has 0 radical (unpaired) electrons. The van der Waals surface area contributed by atoms with Gasteiger partial charge in [0.1, 0.15) is 6.04 Å². The molecule has 0 unspecified atom stereocenters. The highest BCUT2D eigenvalue weighted by Crippen LogP contribution is 2.09. The fraction of sp³-hybridized carbons (Fsp3) is 0.143. The molecule has 0 bridgehead atoms. The average molecular weight is 275 g/mol. The molecule has 0 fully saturated rings. The van der Waals surface area contributed by atoms with Crippen LogP contribution in [0.1, 0.15) is 15.2 Å². The number of hydrogen-bond acceptors (Lipinski definition) is 3. The Morgan fingerprint density at radius 3 is 2.47 bits per heavy atom. The van der Waals surface area contributed by atoms with Gasteiger partial charge in [-0.05, 0) is 17.0 Å². The lowest BCUT2D eigenvalue weighted by Crippen LogP contribution is -2.42. The van der Waals surface area contributed by atoms with Crippen LogP contribution >= 0.6 is 11.3 Å². The van der Waals surface area contributed by atoms with E-state index in [1.165, 1.54) is 11.3 Å². The SMILES string of the molecule is O=C(N[C@@H](Cc1ccccc1)C(=O)O)c1cccs1. The number of rotatable bonds is 5. The van der Waals surface area contributed by atoms with E-state index in [1.54, 1.807) is 17.5 Å². The molecule has 2 aromatic rings. The van der Waals surface area contributed by atoms with Gasteiger partial charge < -0.3 is 10.4 Å². The maximum atomic E-state index is 11.8. The smallest absolute Gasteiger partial charge is 0.326 e. The summed E-state index contributed by atoms with van der Waals surface area (Å²) in [5.41, 5.74) is 0.876. The Bertz CT molecular complexity index is 551. The molecule has 0 aliphatic rings. The van der Waals surface area contributed by atoms with Crippen LogP contribution in [0.25, 0.3) is 0 Å². The van der Waals surface area contributed by atoms with Crippen molar-refractivity contribution in [1.29, 1.82) is 0 Å². The molecule has 1 aromatic heterocycles. The first-order valence-electron chi connectivity index (χ1n) is 5.78. The summed E-state index contributed by atoms with van der Waals surface area (Å²) in [6.45, 7) is 0. The number of aliphatic carboxylic acids is 1. The summed E-state index contributed by atoms with van der Waals surface area (Å²) in [5.74, 6) is -1.38. The zero-order valence-corrected chi connectivity index (χ0v) is 10.9. The number of thiophene rings is 1. The summed E-state index contributed by atoms with van der Waals surface area (Å²) >= 11 is 1.29. The van der Waals surface area contributed by atoms with Crippen molar-refractivity contribution in [3.63, 3.8) is 0 Å². The highest BCUT2D eigenvalue weighted by Gasteiger charge is 2.21. The zero-order chi connectivity index (χ0) is 13.7. The number of benzene rings is 1. The van der Waals surface area contributed by atoms with Crippen LogP contribution in [0.2, 0.25) is 0 Å². The predicted molar refractivity (Wildman–Crippen MR) is 73.4 cm³/mol. The van der Waals surface area contributed by atoms with Gasteiger partial charge >= 0.3 is 5.97 Å². The summed E-state index contributed by atoms with van der Waals surface area (Å²) in [4.78, 5) is 23.6. The van der Waals surface area contributed by atoms with Crippen molar-refractivity contribution >= 4 is 23.2 Å². The second-order valence-corrected chi connectivity index (χ2v) is 4.98. The van der Waals surface area contributed by atoms with Gasteiger partial charge in [-0.1, -0.05) is 36.4 Å². The lowest BCUT2D eigenvalue weighted by Gasteiger charge is -2.13. The van der Waals surface area contributed by atoms with Gasteiger partial charge in [0, 0.05) is 6.42 Å². The molecule has 0 aliphatic carbocycles. The molecule has 0 saturated heterocycles.